The molecule has 5 nitrogen and oxygen atoms in total. The SMILES string of the molecule is Cc1cccc(C)c1NCC(=O)N/N=C/c1ccc(OCc2ccccc2Cl)cc1. The molecule has 3 rings (SSSR count). The summed E-state index contributed by atoms with van der Waals surface area (Å²) < 4.78 is 5.76. The average molecular weight is 422 g/mol. The van der Waals surface area contributed by atoms with Gasteiger partial charge in [0, 0.05) is 16.3 Å². The number of halogens is 1. The highest BCUT2D eigenvalue weighted by atomic mass is 35.5. The Morgan fingerprint density at radius 1 is 1.00 bits per heavy atom. The molecule has 0 heterocycles. The third-order valence-electron chi connectivity index (χ3n) is 4.54. The second kappa shape index (κ2) is 10.5. The maximum absolute atomic E-state index is 12.0. The van der Waals surface area contributed by atoms with E-state index in [0.717, 1.165) is 33.7 Å². The molecule has 0 aromatic heterocycles. The highest BCUT2D eigenvalue weighted by Gasteiger charge is 2.04. The van der Waals surface area contributed by atoms with E-state index in [1.54, 1.807) is 6.21 Å². The molecule has 0 fully saturated rings. The van der Waals surface area contributed by atoms with Crippen molar-refractivity contribution in [2.45, 2.75) is 20.5 Å². The maximum Gasteiger partial charge on any atom is 0.259 e. The number of benzene rings is 3. The van der Waals surface area contributed by atoms with Crippen LogP contribution in [-0.2, 0) is 11.4 Å². The molecule has 154 valence electrons. The molecular weight excluding hydrogens is 398 g/mol. The van der Waals surface area contributed by atoms with Gasteiger partial charge in [-0.15, -0.1) is 0 Å². The van der Waals surface area contributed by atoms with Crippen LogP contribution in [-0.4, -0.2) is 18.7 Å². The van der Waals surface area contributed by atoms with E-state index >= 15 is 0 Å². The number of hydrogen-bond donors (Lipinski definition) is 2. The van der Waals surface area contributed by atoms with Gasteiger partial charge in [-0.25, -0.2) is 5.43 Å². The number of aryl methyl sites for hydroxylation is 2. The van der Waals surface area contributed by atoms with E-state index in [2.05, 4.69) is 15.8 Å². The Morgan fingerprint density at radius 2 is 1.70 bits per heavy atom. The lowest BCUT2D eigenvalue weighted by atomic mass is 10.1. The van der Waals surface area contributed by atoms with Gasteiger partial charge in [-0.3, -0.25) is 4.79 Å². The number of nitrogens with one attached hydrogen (secondary N) is 2. The molecule has 2 N–H and O–H groups in total. The van der Waals surface area contributed by atoms with Crippen molar-refractivity contribution in [3.05, 3.63) is 94.0 Å². The summed E-state index contributed by atoms with van der Waals surface area (Å²) in [5.74, 6) is 0.516. The van der Waals surface area contributed by atoms with Gasteiger partial charge in [-0.05, 0) is 60.9 Å². The minimum Gasteiger partial charge on any atom is -0.489 e. The zero-order chi connectivity index (χ0) is 21.3. The zero-order valence-electron chi connectivity index (χ0n) is 17.0. The van der Waals surface area contributed by atoms with Crippen molar-refractivity contribution in [2.24, 2.45) is 5.10 Å². The molecule has 0 saturated heterocycles. The fraction of sp³-hybridized carbons (Fsp3) is 0.167. The Kier molecular flexibility index (Phi) is 7.46. The number of carbonyl (C=O) groups excluding carboxylic acids is 1. The van der Waals surface area contributed by atoms with Crippen LogP contribution >= 0.6 is 11.6 Å². The van der Waals surface area contributed by atoms with Gasteiger partial charge in [0.2, 0.25) is 0 Å². The van der Waals surface area contributed by atoms with Gasteiger partial charge in [0.05, 0.1) is 12.8 Å². The molecule has 0 spiro atoms. The monoisotopic (exact) mass is 421 g/mol. The molecule has 0 aliphatic heterocycles. The molecule has 3 aromatic rings. The van der Waals surface area contributed by atoms with Crippen LogP contribution < -0.4 is 15.5 Å². The van der Waals surface area contributed by atoms with Gasteiger partial charge in [0.25, 0.3) is 5.91 Å². The maximum atomic E-state index is 12.0. The van der Waals surface area contributed by atoms with Crippen LogP contribution in [0.3, 0.4) is 0 Å². The largest absolute Gasteiger partial charge is 0.489 e. The predicted octanol–water partition coefficient (Wildman–Crippen LogP) is 5.10. The van der Waals surface area contributed by atoms with E-state index in [9.17, 15) is 4.79 Å². The van der Waals surface area contributed by atoms with Crippen molar-refractivity contribution in [1.29, 1.82) is 0 Å². The van der Waals surface area contributed by atoms with Crippen molar-refractivity contribution in [2.75, 3.05) is 11.9 Å². The van der Waals surface area contributed by atoms with Crippen molar-refractivity contribution < 1.29 is 9.53 Å². The first-order valence-electron chi connectivity index (χ1n) is 9.61. The number of anilines is 1. The topological polar surface area (TPSA) is 62.7 Å². The van der Waals surface area contributed by atoms with Gasteiger partial charge in [-0.1, -0.05) is 48.0 Å². The molecule has 3 aromatic carbocycles. The highest BCUT2D eigenvalue weighted by Crippen LogP contribution is 2.19. The van der Waals surface area contributed by atoms with Crippen LogP contribution in [0.15, 0.2) is 71.8 Å². The fourth-order valence-corrected chi connectivity index (χ4v) is 3.10. The lowest BCUT2D eigenvalue weighted by molar-refractivity contribution is -0.119. The second-order valence-corrected chi connectivity index (χ2v) is 7.27. The number of amides is 1. The van der Waals surface area contributed by atoms with E-state index in [1.165, 1.54) is 0 Å². The van der Waals surface area contributed by atoms with Gasteiger partial charge in [-0.2, -0.15) is 5.10 Å². The lowest BCUT2D eigenvalue weighted by Gasteiger charge is -2.11. The number of hydrazone groups is 1. The molecule has 0 aliphatic rings. The molecule has 30 heavy (non-hydrogen) atoms. The molecular formula is C24H24ClN3O2. The Bertz CT molecular complexity index is 1010. The van der Waals surface area contributed by atoms with Crippen molar-refractivity contribution in [1.82, 2.24) is 5.43 Å². The Labute approximate surface area is 181 Å². The highest BCUT2D eigenvalue weighted by molar-refractivity contribution is 6.31. The first-order valence-corrected chi connectivity index (χ1v) is 9.99. The summed E-state index contributed by atoms with van der Waals surface area (Å²) >= 11 is 6.13. The molecule has 0 saturated carbocycles. The van der Waals surface area contributed by atoms with Gasteiger partial charge >= 0.3 is 0 Å². The molecule has 0 radical (unpaired) electrons. The smallest absolute Gasteiger partial charge is 0.259 e. The number of para-hydroxylation sites is 1. The van der Waals surface area contributed by atoms with Crippen LogP contribution in [0.5, 0.6) is 5.75 Å². The summed E-state index contributed by atoms with van der Waals surface area (Å²) in [5, 5.41) is 7.85. The van der Waals surface area contributed by atoms with Crippen LogP contribution in [0.4, 0.5) is 5.69 Å². The first kappa shape index (κ1) is 21.4. The summed E-state index contributed by atoms with van der Waals surface area (Å²) in [5.41, 5.74) is 7.49. The standard InChI is InChI=1S/C24H24ClN3O2/c1-17-6-5-7-18(2)24(17)26-15-23(29)28-27-14-19-10-12-21(13-11-19)30-16-20-8-3-4-9-22(20)25/h3-14,26H,15-16H2,1-2H3,(H,28,29)/b27-14+. The summed E-state index contributed by atoms with van der Waals surface area (Å²) in [6.07, 6.45) is 1.59. The van der Waals surface area contributed by atoms with Crippen LogP contribution in [0, 0.1) is 13.8 Å². The summed E-state index contributed by atoms with van der Waals surface area (Å²) in [4.78, 5) is 12.0. The van der Waals surface area contributed by atoms with Crippen molar-refractivity contribution >= 4 is 29.4 Å². The van der Waals surface area contributed by atoms with Gasteiger partial charge < -0.3 is 10.1 Å². The van der Waals surface area contributed by atoms with Gasteiger partial charge in [0.1, 0.15) is 12.4 Å². The zero-order valence-corrected chi connectivity index (χ0v) is 17.7. The number of rotatable bonds is 8. The molecule has 0 atom stereocenters. The Balaban J connectivity index is 1.45. The third kappa shape index (κ3) is 6.09. The summed E-state index contributed by atoms with van der Waals surface area (Å²) in [6, 6.07) is 21.0. The van der Waals surface area contributed by atoms with Crippen LogP contribution in [0.1, 0.15) is 22.3 Å². The number of ether oxygens (including phenoxy) is 1. The van der Waals surface area contributed by atoms with E-state index < -0.39 is 0 Å². The molecule has 0 aliphatic carbocycles. The Morgan fingerprint density at radius 3 is 2.40 bits per heavy atom. The average Bonchev–Trinajstić information content (AvgIpc) is 2.74. The fourth-order valence-electron chi connectivity index (χ4n) is 2.91. The van der Waals surface area contributed by atoms with E-state index in [0.29, 0.717) is 11.6 Å². The van der Waals surface area contributed by atoms with E-state index in [4.69, 9.17) is 16.3 Å². The lowest BCUT2D eigenvalue weighted by Crippen LogP contribution is -2.26. The predicted molar refractivity (Wildman–Crippen MR) is 122 cm³/mol. The minimum absolute atomic E-state index is 0.151. The summed E-state index contributed by atoms with van der Waals surface area (Å²) in [7, 11) is 0. The van der Waals surface area contributed by atoms with Crippen molar-refractivity contribution in [3.8, 4) is 5.75 Å². The normalized spacial score (nSPS) is 10.8. The molecule has 6 heteroatoms. The molecule has 1 amide bonds. The van der Waals surface area contributed by atoms with E-state index in [-0.39, 0.29) is 12.5 Å². The minimum atomic E-state index is -0.214. The molecule has 0 unspecified atom stereocenters. The third-order valence-corrected chi connectivity index (χ3v) is 4.91. The van der Waals surface area contributed by atoms with Crippen molar-refractivity contribution in [3.63, 3.8) is 0 Å². The second-order valence-electron chi connectivity index (χ2n) is 6.86. The summed E-state index contributed by atoms with van der Waals surface area (Å²) in [6.45, 7) is 4.56. The number of carbonyl (C=O) groups is 1. The quantitative estimate of drug-likeness (QED) is 0.393. The van der Waals surface area contributed by atoms with Crippen LogP contribution in [0.25, 0.3) is 0 Å². The Hall–Kier alpha value is -3.31. The molecule has 0 bridgehead atoms. The number of hydrogen-bond acceptors (Lipinski definition) is 4. The van der Waals surface area contributed by atoms with E-state index in [1.807, 2.05) is 80.6 Å². The van der Waals surface area contributed by atoms with Crippen LogP contribution in [0.2, 0.25) is 5.02 Å². The number of nitrogens with zero attached hydrogens (tertiary/aromatic N) is 1. The van der Waals surface area contributed by atoms with Gasteiger partial charge in [0.15, 0.2) is 0 Å². The first-order chi connectivity index (χ1) is 14.5.